The first kappa shape index (κ1) is 14.7. The highest BCUT2D eigenvalue weighted by Gasteiger charge is 2.27. The third-order valence-electron chi connectivity index (χ3n) is 2.63. The van der Waals surface area contributed by atoms with Crippen molar-refractivity contribution >= 4 is 0 Å². The van der Waals surface area contributed by atoms with Crippen LogP contribution in [0.4, 0.5) is 13.2 Å². The first-order valence-corrected chi connectivity index (χ1v) is 4.97. The SMILES string of the molecule is C.CN(CCCC(F)(F)F)[C@@H]1CCNC1. The van der Waals surface area contributed by atoms with Crippen LogP contribution in [0.15, 0.2) is 0 Å². The third-order valence-corrected chi connectivity index (χ3v) is 2.63. The fraction of sp³-hybridized carbons (Fsp3) is 1.00. The molecule has 1 saturated heterocycles. The van der Waals surface area contributed by atoms with Gasteiger partial charge in [0.05, 0.1) is 0 Å². The molecule has 1 rings (SSSR count). The number of nitrogens with zero attached hydrogens (tertiary/aromatic N) is 1. The summed E-state index contributed by atoms with van der Waals surface area (Å²) in [6.45, 7) is 2.42. The van der Waals surface area contributed by atoms with Gasteiger partial charge >= 0.3 is 6.18 Å². The van der Waals surface area contributed by atoms with Crippen molar-refractivity contribution in [2.24, 2.45) is 0 Å². The normalized spacial score (nSPS) is 21.8. The molecule has 0 spiro atoms. The Morgan fingerprint density at radius 3 is 2.53 bits per heavy atom. The molecule has 5 heteroatoms. The second-order valence-electron chi connectivity index (χ2n) is 3.85. The van der Waals surface area contributed by atoms with Crippen LogP contribution in [0.5, 0.6) is 0 Å². The Morgan fingerprint density at radius 1 is 1.40 bits per heavy atom. The van der Waals surface area contributed by atoms with E-state index in [0.29, 0.717) is 12.6 Å². The van der Waals surface area contributed by atoms with E-state index in [1.54, 1.807) is 0 Å². The number of likely N-dealkylation sites (N-methyl/N-ethyl adjacent to an activating group) is 1. The Morgan fingerprint density at radius 2 is 2.07 bits per heavy atom. The average Bonchev–Trinajstić information content (AvgIpc) is 2.53. The molecule has 0 saturated carbocycles. The molecular formula is C10H21F3N2. The minimum atomic E-state index is -4.01. The van der Waals surface area contributed by atoms with Gasteiger partial charge < -0.3 is 10.2 Å². The lowest BCUT2D eigenvalue weighted by atomic mass is 10.2. The van der Waals surface area contributed by atoms with Crippen molar-refractivity contribution in [3.05, 3.63) is 0 Å². The first-order valence-electron chi connectivity index (χ1n) is 4.97. The van der Waals surface area contributed by atoms with Crippen LogP contribution in [0.1, 0.15) is 26.7 Å². The van der Waals surface area contributed by atoms with Gasteiger partial charge in [0.1, 0.15) is 0 Å². The van der Waals surface area contributed by atoms with E-state index in [2.05, 4.69) is 5.32 Å². The summed E-state index contributed by atoms with van der Waals surface area (Å²) < 4.78 is 35.6. The lowest BCUT2D eigenvalue weighted by Gasteiger charge is -2.23. The van der Waals surface area contributed by atoms with Gasteiger partial charge in [0.2, 0.25) is 0 Å². The van der Waals surface area contributed by atoms with Crippen LogP contribution in [0, 0.1) is 0 Å². The van der Waals surface area contributed by atoms with E-state index in [1.807, 2.05) is 11.9 Å². The fourth-order valence-electron chi connectivity index (χ4n) is 1.73. The predicted octanol–water partition coefficient (Wildman–Crippen LogP) is 2.26. The van der Waals surface area contributed by atoms with Crippen molar-refractivity contribution in [3.63, 3.8) is 0 Å². The topological polar surface area (TPSA) is 15.3 Å². The highest BCUT2D eigenvalue weighted by atomic mass is 19.4. The zero-order valence-corrected chi connectivity index (χ0v) is 8.40. The Hall–Kier alpha value is -0.290. The average molecular weight is 226 g/mol. The predicted molar refractivity (Wildman–Crippen MR) is 55.9 cm³/mol. The number of rotatable bonds is 4. The first-order chi connectivity index (χ1) is 6.49. The van der Waals surface area contributed by atoms with Gasteiger partial charge in [0, 0.05) is 19.0 Å². The molecular weight excluding hydrogens is 205 g/mol. The second-order valence-corrected chi connectivity index (χ2v) is 3.85. The summed E-state index contributed by atoms with van der Waals surface area (Å²) in [6.07, 6.45) is -3.43. The standard InChI is InChI=1S/C9H17F3N2.CH4/c1-14(8-3-5-13-7-8)6-2-4-9(10,11)12;/h8,13H,2-7H2,1H3;1H4/t8-;/m1./s1. The smallest absolute Gasteiger partial charge is 0.315 e. The molecule has 0 unspecified atom stereocenters. The second kappa shape index (κ2) is 6.33. The molecule has 1 aliphatic heterocycles. The number of hydrogen-bond acceptors (Lipinski definition) is 2. The molecule has 0 aromatic heterocycles. The maximum atomic E-state index is 11.9. The van der Waals surface area contributed by atoms with E-state index in [1.165, 1.54) is 0 Å². The van der Waals surface area contributed by atoms with E-state index < -0.39 is 12.6 Å². The highest BCUT2D eigenvalue weighted by Crippen LogP contribution is 2.21. The third kappa shape index (κ3) is 5.99. The molecule has 92 valence electrons. The van der Waals surface area contributed by atoms with Crippen molar-refractivity contribution in [1.29, 1.82) is 0 Å². The maximum Gasteiger partial charge on any atom is 0.389 e. The molecule has 1 fully saturated rings. The van der Waals surface area contributed by atoms with Gasteiger partial charge in [-0.2, -0.15) is 13.2 Å². The minimum absolute atomic E-state index is 0. The van der Waals surface area contributed by atoms with E-state index in [4.69, 9.17) is 0 Å². The molecule has 0 aromatic carbocycles. The number of alkyl halides is 3. The molecule has 15 heavy (non-hydrogen) atoms. The van der Waals surface area contributed by atoms with Crippen LogP contribution < -0.4 is 5.32 Å². The molecule has 1 heterocycles. The lowest BCUT2D eigenvalue weighted by molar-refractivity contribution is -0.136. The lowest BCUT2D eigenvalue weighted by Crippen LogP contribution is -2.34. The molecule has 1 atom stereocenters. The van der Waals surface area contributed by atoms with E-state index in [9.17, 15) is 13.2 Å². The summed E-state index contributed by atoms with van der Waals surface area (Å²) in [7, 11) is 1.90. The molecule has 0 aromatic rings. The van der Waals surface area contributed by atoms with Gasteiger partial charge in [-0.05, 0) is 33.0 Å². The summed E-state index contributed by atoms with van der Waals surface area (Å²) in [4.78, 5) is 2.02. The molecule has 2 nitrogen and oxygen atoms in total. The molecule has 0 aliphatic carbocycles. The van der Waals surface area contributed by atoms with Crippen LogP contribution in [-0.4, -0.2) is 43.8 Å². The Bertz CT molecular complexity index is 165. The quantitative estimate of drug-likeness (QED) is 0.791. The summed E-state index contributed by atoms with van der Waals surface area (Å²) in [5.41, 5.74) is 0. The van der Waals surface area contributed by atoms with Crippen LogP contribution in [0.3, 0.4) is 0 Å². The molecule has 1 aliphatic rings. The monoisotopic (exact) mass is 226 g/mol. The van der Waals surface area contributed by atoms with Gasteiger partial charge in [0.15, 0.2) is 0 Å². The highest BCUT2D eigenvalue weighted by molar-refractivity contribution is 4.78. The van der Waals surface area contributed by atoms with Gasteiger partial charge in [-0.25, -0.2) is 0 Å². The van der Waals surface area contributed by atoms with E-state index >= 15 is 0 Å². The largest absolute Gasteiger partial charge is 0.389 e. The van der Waals surface area contributed by atoms with Crippen molar-refractivity contribution in [2.75, 3.05) is 26.7 Å². The van der Waals surface area contributed by atoms with Gasteiger partial charge in [-0.1, -0.05) is 7.43 Å². The van der Waals surface area contributed by atoms with Crippen molar-refractivity contribution in [1.82, 2.24) is 10.2 Å². The zero-order valence-electron chi connectivity index (χ0n) is 8.40. The summed E-state index contributed by atoms with van der Waals surface area (Å²) in [5, 5.41) is 3.20. The van der Waals surface area contributed by atoms with Crippen LogP contribution in [0.2, 0.25) is 0 Å². The van der Waals surface area contributed by atoms with Crippen LogP contribution in [0.25, 0.3) is 0 Å². The fourth-order valence-corrected chi connectivity index (χ4v) is 1.73. The van der Waals surface area contributed by atoms with Gasteiger partial charge in [0.25, 0.3) is 0 Å². The number of halogens is 3. The Kier molecular flexibility index (Phi) is 6.20. The Labute approximate surface area is 89.8 Å². The van der Waals surface area contributed by atoms with Gasteiger partial charge in [-0.15, -0.1) is 0 Å². The number of hydrogen-bond donors (Lipinski definition) is 1. The molecule has 1 N–H and O–H groups in total. The summed E-state index contributed by atoms with van der Waals surface area (Å²) in [5.74, 6) is 0. The van der Waals surface area contributed by atoms with Crippen molar-refractivity contribution < 1.29 is 13.2 Å². The van der Waals surface area contributed by atoms with E-state index in [-0.39, 0.29) is 13.8 Å². The van der Waals surface area contributed by atoms with Crippen molar-refractivity contribution in [2.45, 2.75) is 38.9 Å². The maximum absolute atomic E-state index is 11.9. The molecule has 0 radical (unpaired) electrons. The van der Waals surface area contributed by atoms with Crippen LogP contribution >= 0.6 is 0 Å². The van der Waals surface area contributed by atoms with Crippen LogP contribution in [-0.2, 0) is 0 Å². The molecule has 0 amide bonds. The summed E-state index contributed by atoms with van der Waals surface area (Å²) >= 11 is 0. The van der Waals surface area contributed by atoms with Gasteiger partial charge in [-0.3, -0.25) is 0 Å². The van der Waals surface area contributed by atoms with E-state index in [0.717, 1.165) is 19.5 Å². The number of nitrogens with one attached hydrogen (secondary N) is 1. The summed E-state index contributed by atoms with van der Waals surface area (Å²) in [6, 6.07) is 0.420. The minimum Gasteiger partial charge on any atom is -0.315 e. The Balaban J connectivity index is 0.00000196. The zero-order chi connectivity index (χ0) is 10.6. The molecule has 0 bridgehead atoms. The van der Waals surface area contributed by atoms with Crippen molar-refractivity contribution in [3.8, 4) is 0 Å².